The van der Waals surface area contributed by atoms with E-state index in [1.165, 1.54) is 11.8 Å². The van der Waals surface area contributed by atoms with Gasteiger partial charge >= 0.3 is 0 Å². The van der Waals surface area contributed by atoms with Crippen LogP contribution in [0.5, 0.6) is 11.5 Å². The number of amides is 1. The maximum absolute atomic E-state index is 13.2. The Morgan fingerprint density at radius 3 is 2.46 bits per heavy atom. The van der Waals surface area contributed by atoms with Gasteiger partial charge < -0.3 is 9.47 Å². The van der Waals surface area contributed by atoms with Crippen LogP contribution in [0, 0.1) is 0 Å². The molecular formula is C28H27ClN2O3S. The van der Waals surface area contributed by atoms with E-state index in [0.29, 0.717) is 46.4 Å². The maximum Gasteiger partial charge on any atom is 0.266 e. The summed E-state index contributed by atoms with van der Waals surface area (Å²) >= 11 is 7.36. The lowest BCUT2D eigenvalue weighted by atomic mass is 10.1. The van der Waals surface area contributed by atoms with Gasteiger partial charge in [-0.15, -0.1) is 0 Å². The van der Waals surface area contributed by atoms with Crippen molar-refractivity contribution in [3.05, 3.63) is 93.9 Å². The first-order valence-corrected chi connectivity index (χ1v) is 12.8. The van der Waals surface area contributed by atoms with Crippen molar-refractivity contribution in [3.8, 4) is 11.5 Å². The lowest BCUT2D eigenvalue weighted by Crippen LogP contribution is -2.29. The average Bonchev–Trinajstić information content (AvgIpc) is 3.14. The van der Waals surface area contributed by atoms with Crippen molar-refractivity contribution in [1.29, 1.82) is 0 Å². The molecule has 1 heterocycles. The fourth-order valence-corrected chi connectivity index (χ4v) is 4.67. The van der Waals surface area contributed by atoms with Gasteiger partial charge in [-0.3, -0.25) is 9.69 Å². The number of thioether (sulfide) groups is 1. The Labute approximate surface area is 215 Å². The molecule has 0 N–H and O–H groups in total. The number of carbonyl (C=O) groups is 1. The average molecular weight is 507 g/mol. The number of halogens is 1. The number of ether oxygens (including phenoxy) is 2. The Kier molecular flexibility index (Phi) is 8.50. The van der Waals surface area contributed by atoms with Crippen LogP contribution in [0.25, 0.3) is 6.08 Å². The molecule has 0 atom stereocenters. The smallest absolute Gasteiger partial charge is 0.266 e. The van der Waals surface area contributed by atoms with Gasteiger partial charge in [0.15, 0.2) is 16.7 Å². The minimum absolute atomic E-state index is 0.0347. The number of amidine groups is 1. The minimum atomic E-state index is -0.0347. The summed E-state index contributed by atoms with van der Waals surface area (Å²) < 4.78 is 11.8. The van der Waals surface area contributed by atoms with Crippen molar-refractivity contribution >= 4 is 46.2 Å². The Morgan fingerprint density at radius 1 is 0.971 bits per heavy atom. The summed E-state index contributed by atoms with van der Waals surface area (Å²) in [4.78, 5) is 20.2. The van der Waals surface area contributed by atoms with E-state index >= 15 is 0 Å². The first-order chi connectivity index (χ1) is 17.1. The molecular weight excluding hydrogens is 480 g/mol. The zero-order chi connectivity index (χ0) is 24.6. The molecule has 1 aliphatic heterocycles. The van der Waals surface area contributed by atoms with E-state index < -0.39 is 0 Å². The van der Waals surface area contributed by atoms with Gasteiger partial charge in [0.2, 0.25) is 0 Å². The summed E-state index contributed by atoms with van der Waals surface area (Å²) in [5.41, 5.74) is 2.70. The van der Waals surface area contributed by atoms with Crippen LogP contribution >= 0.6 is 23.4 Å². The molecule has 0 unspecified atom stereocenters. The monoisotopic (exact) mass is 506 g/mol. The van der Waals surface area contributed by atoms with Gasteiger partial charge in [0.05, 0.1) is 17.2 Å². The van der Waals surface area contributed by atoms with E-state index in [1.807, 2.05) is 85.8 Å². The lowest BCUT2D eigenvalue weighted by molar-refractivity contribution is -0.122. The SMILES string of the molecule is CCCN1C(=O)/C(=C\c2ccc(OCc3ccc(Cl)cc3)c(OCC)c2)SC1=Nc1ccccc1. The fourth-order valence-electron chi connectivity index (χ4n) is 3.52. The zero-order valence-electron chi connectivity index (χ0n) is 19.7. The van der Waals surface area contributed by atoms with E-state index in [9.17, 15) is 4.79 Å². The van der Waals surface area contributed by atoms with Crippen LogP contribution in [-0.4, -0.2) is 29.1 Å². The minimum Gasteiger partial charge on any atom is -0.490 e. The Morgan fingerprint density at radius 2 is 1.74 bits per heavy atom. The fraction of sp³-hybridized carbons (Fsp3) is 0.214. The van der Waals surface area contributed by atoms with Crippen molar-refractivity contribution in [2.75, 3.05) is 13.2 Å². The summed E-state index contributed by atoms with van der Waals surface area (Å²) in [6.45, 7) is 5.51. The third-order valence-electron chi connectivity index (χ3n) is 5.19. The molecule has 0 aromatic heterocycles. The normalized spacial score (nSPS) is 15.7. The molecule has 1 saturated heterocycles. The quantitative estimate of drug-likeness (QED) is 0.285. The molecule has 0 aliphatic carbocycles. The van der Waals surface area contributed by atoms with Gasteiger partial charge in [0.25, 0.3) is 5.91 Å². The number of carbonyl (C=O) groups excluding carboxylic acids is 1. The molecule has 35 heavy (non-hydrogen) atoms. The van der Waals surface area contributed by atoms with E-state index in [0.717, 1.165) is 23.2 Å². The van der Waals surface area contributed by atoms with Crippen LogP contribution in [0.1, 0.15) is 31.4 Å². The van der Waals surface area contributed by atoms with Crippen molar-refractivity contribution in [2.45, 2.75) is 26.9 Å². The molecule has 0 radical (unpaired) electrons. The predicted molar refractivity (Wildman–Crippen MR) is 145 cm³/mol. The number of hydrogen-bond acceptors (Lipinski definition) is 5. The van der Waals surface area contributed by atoms with Crippen LogP contribution in [-0.2, 0) is 11.4 Å². The van der Waals surface area contributed by atoms with E-state index in [2.05, 4.69) is 6.92 Å². The number of hydrogen-bond donors (Lipinski definition) is 0. The van der Waals surface area contributed by atoms with Gasteiger partial charge in [-0.1, -0.05) is 54.9 Å². The van der Waals surface area contributed by atoms with Crippen LogP contribution in [0.3, 0.4) is 0 Å². The third kappa shape index (κ3) is 6.47. The van der Waals surface area contributed by atoms with Gasteiger partial charge in [-0.2, -0.15) is 0 Å². The third-order valence-corrected chi connectivity index (χ3v) is 6.45. The topological polar surface area (TPSA) is 51.1 Å². The standard InChI is InChI=1S/C28H27ClN2O3S/c1-3-16-31-27(32)26(35-28(31)30-23-8-6-5-7-9-23)18-21-12-15-24(25(17-21)33-4-2)34-19-20-10-13-22(29)14-11-20/h5-15,17-18H,3-4,16,19H2,1-2H3/b26-18+,30-28?. The second kappa shape index (κ2) is 12.0. The number of rotatable bonds is 9. The second-order valence-corrected chi connectivity index (χ2v) is 9.30. The largest absolute Gasteiger partial charge is 0.490 e. The first kappa shape index (κ1) is 24.9. The highest BCUT2D eigenvalue weighted by atomic mass is 35.5. The molecule has 1 aliphatic rings. The number of benzene rings is 3. The van der Waals surface area contributed by atoms with Crippen LogP contribution in [0.4, 0.5) is 5.69 Å². The highest BCUT2D eigenvalue weighted by molar-refractivity contribution is 8.18. The van der Waals surface area contributed by atoms with Crippen LogP contribution in [0.2, 0.25) is 5.02 Å². The second-order valence-electron chi connectivity index (χ2n) is 7.85. The summed E-state index contributed by atoms with van der Waals surface area (Å²) in [6.07, 6.45) is 2.73. The van der Waals surface area contributed by atoms with Gasteiger partial charge in [-0.05, 0) is 78.7 Å². The molecule has 5 nitrogen and oxygen atoms in total. The molecule has 0 bridgehead atoms. The van der Waals surface area contributed by atoms with E-state index in [1.54, 1.807) is 4.90 Å². The zero-order valence-corrected chi connectivity index (χ0v) is 21.3. The Bertz CT molecular complexity index is 1230. The van der Waals surface area contributed by atoms with Crippen molar-refractivity contribution in [2.24, 2.45) is 4.99 Å². The molecule has 1 fully saturated rings. The number of para-hydroxylation sites is 1. The first-order valence-electron chi connectivity index (χ1n) is 11.6. The predicted octanol–water partition coefficient (Wildman–Crippen LogP) is 7.33. The molecule has 3 aromatic carbocycles. The molecule has 4 rings (SSSR count). The summed E-state index contributed by atoms with van der Waals surface area (Å²) in [6, 6.07) is 22.9. The summed E-state index contributed by atoms with van der Waals surface area (Å²) in [5.74, 6) is 1.25. The molecule has 7 heteroatoms. The van der Waals surface area contributed by atoms with Crippen LogP contribution < -0.4 is 9.47 Å². The molecule has 0 spiro atoms. The van der Waals surface area contributed by atoms with Crippen LogP contribution in [0.15, 0.2) is 82.7 Å². The van der Waals surface area contributed by atoms with E-state index in [4.69, 9.17) is 26.1 Å². The van der Waals surface area contributed by atoms with Gasteiger partial charge in [-0.25, -0.2) is 4.99 Å². The molecule has 1 amide bonds. The molecule has 3 aromatic rings. The highest BCUT2D eigenvalue weighted by Crippen LogP contribution is 2.36. The number of aliphatic imine (C=N–C) groups is 1. The lowest BCUT2D eigenvalue weighted by Gasteiger charge is -2.14. The Hall–Kier alpha value is -3.22. The van der Waals surface area contributed by atoms with Gasteiger partial charge in [0.1, 0.15) is 6.61 Å². The summed E-state index contributed by atoms with van der Waals surface area (Å²) in [7, 11) is 0. The van der Waals surface area contributed by atoms with Crippen molar-refractivity contribution in [1.82, 2.24) is 4.90 Å². The van der Waals surface area contributed by atoms with E-state index in [-0.39, 0.29) is 5.91 Å². The van der Waals surface area contributed by atoms with Crippen molar-refractivity contribution in [3.63, 3.8) is 0 Å². The number of nitrogens with zero attached hydrogens (tertiary/aromatic N) is 2. The molecule has 0 saturated carbocycles. The maximum atomic E-state index is 13.2. The highest BCUT2D eigenvalue weighted by Gasteiger charge is 2.32. The molecule has 180 valence electrons. The van der Waals surface area contributed by atoms with Gasteiger partial charge in [0, 0.05) is 11.6 Å². The summed E-state index contributed by atoms with van der Waals surface area (Å²) in [5, 5.41) is 1.39. The van der Waals surface area contributed by atoms with Crippen molar-refractivity contribution < 1.29 is 14.3 Å². The Balaban J connectivity index is 1.56.